The first-order chi connectivity index (χ1) is 19.2. The summed E-state index contributed by atoms with van der Waals surface area (Å²) < 4.78 is 15.9. The highest BCUT2D eigenvalue weighted by Crippen LogP contribution is 2.42. The van der Waals surface area contributed by atoms with Gasteiger partial charge in [0.05, 0.1) is 38.0 Å². The first-order valence-corrected chi connectivity index (χ1v) is 13.1. The highest BCUT2D eigenvalue weighted by molar-refractivity contribution is 6.46. The maximum absolute atomic E-state index is 13.5. The van der Waals surface area contributed by atoms with Crippen molar-refractivity contribution < 1.29 is 33.7 Å². The van der Waals surface area contributed by atoms with Crippen LogP contribution in [-0.4, -0.2) is 48.5 Å². The van der Waals surface area contributed by atoms with Crippen molar-refractivity contribution in [3.8, 4) is 11.5 Å². The predicted molar refractivity (Wildman–Crippen MR) is 150 cm³/mol. The summed E-state index contributed by atoms with van der Waals surface area (Å²) in [5.41, 5.74) is 2.97. The van der Waals surface area contributed by atoms with Gasteiger partial charge in [0.1, 0.15) is 17.3 Å². The number of methoxy groups -OCH3 is 2. The van der Waals surface area contributed by atoms with E-state index in [4.69, 9.17) is 14.2 Å². The zero-order chi connectivity index (χ0) is 29.0. The van der Waals surface area contributed by atoms with E-state index >= 15 is 0 Å². The molecule has 8 heteroatoms. The van der Waals surface area contributed by atoms with Gasteiger partial charge in [0.2, 0.25) is 0 Å². The summed E-state index contributed by atoms with van der Waals surface area (Å²) in [6.45, 7) is 6.50. The molecule has 0 bridgehead atoms. The Morgan fingerprint density at radius 2 is 1.68 bits per heavy atom. The number of hydrogen-bond acceptors (Lipinski definition) is 7. The molecule has 0 saturated carbocycles. The lowest BCUT2D eigenvalue weighted by Crippen LogP contribution is -2.29. The lowest BCUT2D eigenvalue weighted by molar-refractivity contribution is -0.140. The highest BCUT2D eigenvalue weighted by atomic mass is 16.5. The van der Waals surface area contributed by atoms with Crippen molar-refractivity contribution in [3.05, 3.63) is 100 Å². The molecular weight excluding hydrogens is 510 g/mol. The van der Waals surface area contributed by atoms with Crippen LogP contribution in [-0.2, 0) is 20.9 Å². The van der Waals surface area contributed by atoms with E-state index in [9.17, 15) is 19.5 Å². The van der Waals surface area contributed by atoms with E-state index in [1.54, 1.807) is 66.7 Å². The fraction of sp³-hybridized carbons (Fsp3) is 0.281. The van der Waals surface area contributed by atoms with Gasteiger partial charge in [-0.25, -0.2) is 4.79 Å². The molecule has 0 spiro atoms. The first kappa shape index (κ1) is 28.4. The van der Waals surface area contributed by atoms with Gasteiger partial charge in [-0.1, -0.05) is 38.1 Å². The molecule has 0 aliphatic carbocycles. The number of Topliss-reactive ketones (excluding diaryl/α,β-unsaturated/α-hetero) is 1. The van der Waals surface area contributed by atoms with E-state index in [0.717, 1.165) is 5.56 Å². The number of ketones is 1. The number of benzene rings is 3. The summed E-state index contributed by atoms with van der Waals surface area (Å²) in [6, 6.07) is 18.1. The third kappa shape index (κ3) is 5.57. The van der Waals surface area contributed by atoms with Crippen molar-refractivity contribution in [2.45, 2.75) is 39.3 Å². The molecule has 1 amide bonds. The Hall–Kier alpha value is -4.59. The fourth-order valence-corrected chi connectivity index (χ4v) is 4.85. The number of esters is 1. The van der Waals surface area contributed by atoms with Crippen LogP contribution in [0.5, 0.6) is 11.5 Å². The number of aliphatic hydroxyl groups excluding tert-OH is 1. The minimum absolute atomic E-state index is 0.0108. The quantitative estimate of drug-likeness (QED) is 0.162. The van der Waals surface area contributed by atoms with Crippen molar-refractivity contribution in [2.75, 3.05) is 20.8 Å². The number of carbonyl (C=O) groups excluding carboxylic acids is 3. The monoisotopic (exact) mass is 543 g/mol. The van der Waals surface area contributed by atoms with Crippen molar-refractivity contribution >= 4 is 23.4 Å². The second-order valence-corrected chi connectivity index (χ2v) is 9.73. The molecule has 1 N–H and O–H groups in total. The summed E-state index contributed by atoms with van der Waals surface area (Å²) in [6.07, 6.45) is 0. The highest BCUT2D eigenvalue weighted by Gasteiger charge is 2.46. The molecule has 1 aliphatic heterocycles. The minimum atomic E-state index is -0.871. The number of nitrogens with zero attached hydrogens (tertiary/aromatic N) is 1. The van der Waals surface area contributed by atoms with Gasteiger partial charge >= 0.3 is 5.97 Å². The second kappa shape index (κ2) is 12.1. The number of carbonyl (C=O) groups is 3. The third-order valence-corrected chi connectivity index (χ3v) is 6.88. The maximum atomic E-state index is 13.5. The second-order valence-electron chi connectivity index (χ2n) is 9.73. The van der Waals surface area contributed by atoms with Gasteiger partial charge in [0.25, 0.3) is 11.7 Å². The van der Waals surface area contributed by atoms with Crippen LogP contribution in [0.3, 0.4) is 0 Å². The molecule has 1 atom stereocenters. The van der Waals surface area contributed by atoms with Gasteiger partial charge < -0.3 is 24.2 Å². The van der Waals surface area contributed by atoms with E-state index in [1.165, 1.54) is 19.1 Å². The lowest BCUT2D eigenvalue weighted by atomic mass is 9.93. The summed E-state index contributed by atoms with van der Waals surface area (Å²) in [7, 11) is 2.84. The van der Waals surface area contributed by atoms with E-state index in [2.05, 4.69) is 0 Å². The number of amides is 1. The van der Waals surface area contributed by atoms with Crippen molar-refractivity contribution in [2.24, 2.45) is 0 Å². The van der Waals surface area contributed by atoms with Crippen LogP contribution in [0, 0.1) is 0 Å². The Bertz CT molecular complexity index is 1460. The van der Waals surface area contributed by atoms with Gasteiger partial charge in [-0.2, -0.15) is 0 Å². The fourth-order valence-electron chi connectivity index (χ4n) is 4.85. The van der Waals surface area contributed by atoms with Crippen molar-refractivity contribution in [1.82, 2.24) is 4.90 Å². The Labute approximate surface area is 233 Å². The van der Waals surface area contributed by atoms with E-state index in [1.807, 2.05) is 20.8 Å². The van der Waals surface area contributed by atoms with E-state index < -0.39 is 23.7 Å². The molecular formula is C32H33NO7. The average molecular weight is 544 g/mol. The Kier molecular flexibility index (Phi) is 8.58. The summed E-state index contributed by atoms with van der Waals surface area (Å²) >= 11 is 0. The lowest BCUT2D eigenvalue weighted by Gasteiger charge is -2.26. The molecule has 0 aromatic heterocycles. The van der Waals surface area contributed by atoms with Crippen LogP contribution in [0.2, 0.25) is 0 Å². The van der Waals surface area contributed by atoms with Crippen LogP contribution >= 0.6 is 0 Å². The van der Waals surface area contributed by atoms with E-state index in [0.29, 0.717) is 40.4 Å². The average Bonchev–Trinajstić information content (AvgIpc) is 3.22. The minimum Gasteiger partial charge on any atom is -0.507 e. The number of ether oxygens (including phenoxy) is 3. The molecule has 1 fully saturated rings. The summed E-state index contributed by atoms with van der Waals surface area (Å²) in [5.74, 6) is -0.904. The zero-order valence-corrected chi connectivity index (χ0v) is 23.3. The predicted octanol–water partition coefficient (Wildman–Crippen LogP) is 5.63. The molecule has 1 aliphatic rings. The molecule has 4 rings (SSSR count). The van der Waals surface area contributed by atoms with E-state index in [-0.39, 0.29) is 23.8 Å². The molecule has 1 unspecified atom stereocenters. The first-order valence-electron chi connectivity index (χ1n) is 13.1. The van der Waals surface area contributed by atoms with Gasteiger partial charge in [-0.15, -0.1) is 0 Å². The van der Waals surface area contributed by atoms with Gasteiger partial charge in [0, 0.05) is 12.1 Å². The van der Waals surface area contributed by atoms with Crippen LogP contribution in [0.4, 0.5) is 0 Å². The summed E-state index contributed by atoms with van der Waals surface area (Å²) in [4.78, 5) is 40.2. The van der Waals surface area contributed by atoms with Gasteiger partial charge in [-0.05, 0) is 72.0 Å². The molecule has 40 heavy (non-hydrogen) atoms. The normalized spacial score (nSPS) is 16.4. The molecule has 1 heterocycles. The van der Waals surface area contributed by atoms with Gasteiger partial charge in [0.15, 0.2) is 0 Å². The number of likely N-dealkylation sites (tertiary alicyclic amines) is 1. The zero-order valence-electron chi connectivity index (χ0n) is 23.3. The smallest absolute Gasteiger partial charge is 0.337 e. The standard InChI is InChI=1S/C32H33NO7/c1-6-40-26-15-14-23(17-25(26)19(2)3)29(34)27-28(22-8-7-9-24(16-22)38-4)33(31(36)30(27)35)18-20-10-12-21(13-11-20)32(37)39-5/h7-17,19,28,34H,6,18H2,1-5H3/b29-27-. The SMILES string of the molecule is CCOc1ccc(/C(O)=C2/C(=O)C(=O)N(Cc3ccc(C(=O)OC)cc3)C2c2cccc(OC)c2)cc1C(C)C. The molecule has 1 saturated heterocycles. The van der Waals surface area contributed by atoms with Gasteiger partial charge in [-0.3, -0.25) is 9.59 Å². The number of aliphatic hydroxyl groups is 1. The van der Waals surface area contributed by atoms with Crippen molar-refractivity contribution in [3.63, 3.8) is 0 Å². The molecule has 3 aromatic rings. The molecule has 0 radical (unpaired) electrons. The van der Waals surface area contributed by atoms with Crippen LogP contribution in [0.25, 0.3) is 5.76 Å². The Morgan fingerprint density at radius 3 is 2.30 bits per heavy atom. The summed E-state index contributed by atoms with van der Waals surface area (Å²) in [5, 5.41) is 11.6. The largest absolute Gasteiger partial charge is 0.507 e. The maximum Gasteiger partial charge on any atom is 0.337 e. The Morgan fingerprint density at radius 1 is 0.975 bits per heavy atom. The van der Waals surface area contributed by atoms with Crippen LogP contribution in [0.1, 0.15) is 65.3 Å². The number of hydrogen-bond donors (Lipinski definition) is 1. The Balaban J connectivity index is 1.84. The van der Waals surface area contributed by atoms with Crippen molar-refractivity contribution in [1.29, 1.82) is 0 Å². The molecule has 208 valence electrons. The third-order valence-electron chi connectivity index (χ3n) is 6.88. The van der Waals surface area contributed by atoms with Crippen LogP contribution < -0.4 is 9.47 Å². The molecule has 8 nitrogen and oxygen atoms in total. The molecule has 3 aromatic carbocycles. The number of rotatable bonds is 9. The topological polar surface area (TPSA) is 102 Å². The van der Waals surface area contributed by atoms with Crippen LogP contribution in [0.15, 0.2) is 72.3 Å².